The van der Waals surface area contributed by atoms with Gasteiger partial charge in [0, 0.05) is 6.04 Å². The predicted octanol–water partition coefficient (Wildman–Crippen LogP) is 0.199. The Morgan fingerprint density at radius 3 is 2.67 bits per heavy atom. The third kappa shape index (κ3) is 1.75. The molecule has 2 N–H and O–H groups in total. The standard InChI is InChI=1S/C10H17NO4/c1-10(2)14-6-4-5(9(12)13)7(11-3)8(6)15-10/h5-8,11H,4H2,1-3H3,(H,12,13)/t5-,6-,7+,8-/m0/s1. The highest BCUT2D eigenvalue weighted by Gasteiger charge is 2.54. The predicted molar refractivity (Wildman–Crippen MR) is 52.4 cm³/mol. The summed E-state index contributed by atoms with van der Waals surface area (Å²) >= 11 is 0. The Bertz CT molecular complexity index is 279. The molecule has 0 bridgehead atoms. The summed E-state index contributed by atoms with van der Waals surface area (Å²) in [7, 11) is 1.76. The SMILES string of the molecule is CN[C@H]1[C@H]2OC(C)(C)O[C@H]2C[C@@H]1C(=O)O. The fourth-order valence-corrected chi connectivity index (χ4v) is 2.60. The Balaban J connectivity index is 2.15. The first kappa shape index (κ1) is 10.9. The monoisotopic (exact) mass is 215 g/mol. The molecule has 86 valence electrons. The van der Waals surface area contributed by atoms with Gasteiger partial charge in [-0.15, -0.1) is 0 Å². The number of nitrogens with one attached hydrogen (secondary N) is 1. The molecule has 0 amide bonds. The number of fused-ring (bicyclic) bond motifs is 1. The molecule has 0 aromatic carbocycles. The molecule has 0 radical (unpaired) electrons. The van der Waals surface area contributed by atoms with Gasteiger partial charge < -0.3 is 19.9 Å². The summed E-state index contributed by atoms with van der Waals surface area (Å²) in [5.74, 6) is -1.79. The molecular formula is C10H17NO4. The second kappa shape index (κ2) is 3.43. The average molecular weight is 215 g/mol. The van der Waals surface area contributed by atoms with Crippen molar-refractivity contribution in [2.24, 2.45) is 5.92 Å². The van der Waals surface area contributed by atoms with Crippen LogP contribution in [-0.4, -0.2) is 42.2 Å². The highest BCUT2D eigenvalue weighted by Crippen LogP contribution is 2.40. The third-order valence-corrected chi connectivity index (χ3v) is 3.15. The second-order valence-corrected chi connectivity index (χ2v) is 4.63. The fourth-order valence-electron chi connectivity index (χ4n) is 2.60. The van der Waals surface area contributed by atoms with Crippen LogP contribution in [0.5, 0.6) is 0 Å². The smallest absolute Gasteiger partial charge is 0.308 e. The molecule has 5 nitrogen and oxygen atoms in total. The molecule has 1 heterocycles. The lowest BCUT2D eigenvalue weighted by atomic mass is 10.0. The van der Waals surface area contributed by atoms with Gasteiger partial charge in [0.2, 0.25) is 0 Å². The molecule has 0 unspecified atom stereocenters. The van der Waals surface area contributed by atoms with Crippen LogP contribution in [0.2, 0.25) is 0 Å². The van der Waals surface area contributed by atoms with E-state index in [1.54, 1.807) is 7.05 Å². The van der Waals surface area contributed by atoms with Crippen LogP contribution in [0, 0.1) is 5.92 Å². The fraction of sp³-hybridized carbons (Fsp3) is 0.900. The van der Waals surface area contributed by atoms with Crippen molar-refractivity contribution in [3.8, 4) is 0 Å². The summed E-state index contributed by atoms with van der Waals surface area (Å²) in [6, 6.07) is -0.158. The minimum atomic E-state index is -0.784. The molecule has 5 heteroatoms. The van der Waals surface area contributed by atoms with Crippen LogP contribution >= 0.6 is 0 Å². The third-order valence-electron chi connectivity index (χ3n) is 3.15. The van der Waals surface area contributed by atoms with Gasteiger partial charge in [-0.25, -0.2) is 0 Å². The highest BCUT2D eigenvalue weighted by atomic mass is 16.8. The van der Waals surface area contributed by atoms with Crippen molar-refractivity contribution in [1.29, 1.82) is 0 Å². The normalized spacial score (nSPS) is 42.9. The number of likely N-dealkylation sites (N-methyl/N-ethyl adjacent to an activating group) is 1. The molecule has 2 rings (SSSR count). The summed E-state index contributed by atoms with van der Waals surface area (Å²) in [4.78, 5) is 11.0. The first-order chi connectivity index (χ1) is 6.94. The zero-order valence-electron chi connectivity index (χ0n) is 9.19. The van der Waals surface area contributed by atoms with Crippen molar-refractivity contribution < 1.29 is 19.4 Å². The van der Waals surface area contributed by atoms with Crippen LogP contribution < -0.4 is 5.32 Å². The van der Waals surface area contributed by atoms with Crippen LogP contribution in [0.25, 0.3) is 0 Å². The van der Waals surface area contributed by atoms with E-state index >= 15 is 0 Å². The molecular weight excluding hydrogens is 198 g/mol. The zero-order valence-corrected chi connectivity index (χ0v) is 9.19. The first-order valence-electron chi connectivity index (χ1n) is 5.20. The van der Waals surface area contributed by atoms with E-state index in [1.807, 2.05) is 13.8 Å². The molecule has 2 aliphatic rings. The quantitative estimate of drug-likeness (QED) is 0.688. The van der Waals surface area contributed by atoms with Gasteiger partial charge in [0.15, 0.2) is 5.79 Å². The van der Waals surface area contributed by atoms with Crippen molar-refractivity contribution in [2.75, 3.05) is 7.05 Å². The minimum absolute atomic E-state index is 0.0986. The van der Waals surface area contributed by atoms with Crippen molar-refractivity contribution in [3.05, 3.63) is 0 Å². The van der Waals surface area contributed by atoms with Crippen LogP contribution in [0.1, 0.15) is 20.3 Å². The van der Waals surface area contributed by atoms with Crippen LogP contribution in [-0.2, 0) is 14.3 Å². The number of carboxylic acid groups (broad SMARTS) is 1. The summed E-state index contributed by atoms with van der Waals surface area (Å²) < 4.78 is 11.4. The van der Waals surface area contributed by atoms with Gasteiger partial charge >= 0.3 is 5.97 Å². The van der Waals surface area contributed by atoms with Gasteiger partial charge in [-0.1, -0.05) is 0 Å². The lowest BCUT2D eigenvalue weighted by molar-refractivity contribution is -0.164. The van der Waals surface area contributed by atoms with Gasteiger partial charge in [0.1, 0.15) is 6.10 Å². The second-order valence-electron chi connectivity index (χ2n) is 4.63. The zero-order chi connectivity index (χ0) is 11.2. The summed E-state index contributed by atoms with van der Waals surface area (Å²) in [5.41, 5.74) is 0. The lowest BCUT2D eigenvalue weighted by Crippen LogP contribution is -2.43. The molecule has 15 heavy (non-hydrogen) atoms. The van der Waals surface area contributed by atoms with Gasteiger partial charge in [-0.2, -0.15) is 0 Å². The van der Waals surface area contributed by atoms with Crippen molar-refractivity contribution >= 4 is 5.97 Å². The molecule has 1 saturated carbocycles. The largest absolute Gasteiger partial charge is 0.481 e. The van der Waals surface area contributed by atoms with Gasteiger partial charge in [0.05, 0.1) is 12.0 Å². The van der Waals surface area contributed by atoms with E-state index in [4.69, 9.17) is 14.6 Å². The van der Waals surface area contributed by atoms with Crippen LogP contribution in [0.4, 0.5) is 0 Å². The Kier molecular flexibility index (Phi) is 2.48. The van der Waals surface area contributed by atoms with Gasteiger partial charge in [-0.3, -0.25) is 4.79 Å². The number of rotatable bonds is 2. The molecule has 2 fully saturated rings. The van der Waals surface area contributed by atoms with Crippen molar-refractivity contribution in [3.63, 3.8) is 0 Å². The summed E-state index contributed by atoms with van der Waals surface area (Å²) in [6.07, 6.45) is 0.277. The Labute approximate surface area is 88.7 Å². The molecule has 1 saturated heterocycles. The maximum absolute atomic E-state index is 11.0. The van der Waals surface area contributed by atoms with Crippen molar-refractivity contribution in [2.45, 2.75) is 44.3 Å². The molecule has 0 aromatic heterocycles. The van der Waals surface area contributed by atoms with E-state index in [1.165, 1.54) is 0 Å². The average Bonchev–Trinajstić information content (AvgIpc) is 2.55. The molecule has 0 spiro atoms. The highest BCUT2D eigenvalue weighted by molar-refractivity contribution is 5.71. The minimum Gasteiger partial charge on any atom is -0.481 e. The van der Waals surface area contributed by atoms with Crippen molar-refractivity contribution in [1.82, 2.24) is 5.32 Å². The van der Waals surface area contributed by atoms with Gasteiger partial charge in [0.25, 0.3) is 0 Å². The summed E-state index contributed by atoms with van der Waals surface area (Å²) in [5, 5.41) is 12.1. The number of carboxylic acids is 1. The Hall–Kier alpha value is -0.650. The number of hydrogen-bond donors (Lipinski definition) is 2. The van der Waals surface area contributed by atoms with E-state index in [0.29, 0.717) is 6.42 Å². The topological polar surface area (TPSA) is 67.8 Å². The first-order valence-corrected chi connectivity index (χ1v) is 5.20. The lowest BCUT2D eigenvalue weighted by Gasteiger charge is -2.24. The van der Waals surface area contributed by atoms with Crippen LogP contribution in [0.3, 0.4) is 0 Å². The van der Waals surface area contributed by atoms with E-state index in [2.05, 4.69) is 5.32 Å². The van der Waals surface area contributed by atoms with E-state index < -0.39 is 17.7 Å². The summed E-state index contributed by atoms with van der Waals surface area (Å²) in [6.45, 7) is 3.71. The maximum Gasteiger partial charge on any atom is 0.308 e. The molecule has 1 aliphatic carbocycles. The molecule has 4 atom stereocenters. The van der Waals surface area contributed by atoms with E-state index in [0.717, 1.165) is 0 Å². The van der Waals surface area contributed by atoms with E-state index in [9.17, 15) is 4.79 Å². The van der Waals surface area contributed by atoms with Gasteiger partial charge in [-0.05, 0) is 27.3 Å². The number of ether oxygens (including phenoxy) is 2. The molecule has 1 aliphatic heterocycles. The number of hydrogen-bond acceptors (Lipinski definition) is 4. The van der Waals surface area contributed by atoms with E-state index in [-0.39, 0.29) is 18.2 Å². The maximum atomic E-state index is 11.0. The number of aliphatic carboxylic acids is 1. The Morgan fingerprint density at radius 1 is 1.47 bits per heavy atom. The Morgan fingerprint density at radius 2 is 2.13 bits per heavy atom. The molecule has 0 aromatic rings. The number of carbonyl (C=O) groups is 1. The van der Waals surface area contributed by atoms with Crippen LogP contribution in [0.15, 0.2) is 0 Å².